The summed E-state index contributed by atoms with van der Waals surface area (Å²) in [5.41, 5.74) is 1.91. The predicted octanol–water partition coefficient (Wildman–Crippen LogP) is 7.11. The number of carbonyl (C=O) groups excluding carboxylic acids is 2. The van der Waals surface area contributed by atoms with Gasteiger partial charge in [-0.05, 0) is 84.6 Å². The van der Waals surface area contributed by atoms with Gasteiger partial charge in [0.05, 0.1) is 17.2 Å². The molecule has 0 aliphatic carbocycles. The van der Waals surface area contributed by atoms with E-state index in [1.54, 1.807) is 24.3 Å². The van der Waals surface area contributed by atoms with E-state index in [2.05, 4.69) is 21.2 Å². The number of hydrogen-bond donors (Lipinski definition) is 1. The lowest BCUT2D eigenvalue weighted by Gasteiger charge is -2.34. The molecule has 0 bridgehead atoms. The third kappa shape index (κ3) is 10.1. The average molecular weight is 741 g/mol. The van der Waals surface area contributed by atoms with Gasteiger partial charge in [0.15, 0.2) is 0 Å². The first-order chi connectivity index (χ1) is 22.5. The summed E-state index contributed by atoms with van der Waals surface area (Å²) in [4.78, 5) is 29.9. The van der Waals surface area contributed by atoms with Crippen molar-refractivity contribution in [2.45, 2.75) is 44.7 Å². The molecule has 0 saturated heterocycles. The molecule has 248 valence electrons. The van der Waals surface area contributed by atoms with Gasteiger partial charge in [-0.2, -0.15) is 0 Å². The number of halogens is 2. The molecule has 0 aromatic heterocycles. The van der Waals surface area contributed by atoms with E-state index >= 15 is 0 Å². The number of hydrogen-bond acceptors (Lipinski definition) is 5. The van der Waals surface area contributed by atoms with Crippen molar-refractivity contribution in [3.8, 4) is 5.75 Å². The van der Waals surface area contributed by atoms with Crippen LogP contribution in [0.1, 0.15) is 31.9 Å². The molecule has 0 aliphatic rings. The van der Waals surface area contributed by atoms with Crippen molar-refractivity contribution in [3.63, 3.8) is 0 Å². The molecule has 4 rings (SSSR count). The van der Waals surface area contributed by atoms with Gasteiger partial charge >= 0.3 is 0 Å². The van der Waals surface area contributed by atoms with Gasteiger partial charge in [-0.1, -0.05) is 83.8 Å². The molecule has 8 nitrogen and oxygen atoms in total. The van der Waals surface area contributed by atoms with Crippen molar-refractivity contribution in [2.24, 2.45) is 5.92 Å². The van der Waals surface area contributed by atoms with Crippen LogP contribution in [0.3, 0.4) is 0 Å². The largest absolute Gasteiger partial charge is 0.494 e. The second-order valence-corrected chi connectivity index (χ2v) is 14.6. The van der Waals surface area contributed by atoms with Gasteiger partial charge in [0.1, 0.15) is 18.3 Å². The number of sulfonamides is 1. The van der Waals surface area contributed by atoms with Crippen LogP contribution in [0.2, 0.25) is 5.02 Å². The molecule has 11 heteroatoms. The second kappa shape index (κ2) is 16.8. The first-order valence-corrected chi connectivity index (χ1v) is 18.0. The van der Waals surface area contributed by atoms with Crippen LogP contribution in [0.25, 0.3) is 0 Å². The van der Waals surface area contributed by atoms with Gasteiger partial charge in [0, 0.05) is 29.0 Å². The molecule has 0 radical (unpaired) electrons. The fourth-order valence-corrected chi connectivity index (χ4v) is 6.71. The summed E-state index contributed by atoms with van der Waals surface area (Å²) >= 11 is 9.53. The van der Waals surface area contributed by atoms with E-state index in [4.69, 9.17) is 16.3 Å². The SMILES string of the molecule is CCOc1ccc(N(CC(=O)N(Cc2ccc(Br)cc2)[C@H](Cc2ccccc2)C(=O)NCC(C)C)S(=O)(=O)c2ccc(Cl)cc2)cc1. The van der Waals surface area contributed by atoms with Crippen molar-refractivity contribution in [1.82, 2.24) is 10.2 Å². The summed E-state index contributed by atoms with van der Waals surface area (Å²) in [6.45, 7) is 6.23. The first kappa shape index (κ1) is 36.0. The molecule has 4 aromatic rings. The monoisotopic (exact) mass is 739 g/mol. The molecule has 0 saturated carbocycles. The van der Waals surface area contributed by atoms with E-state index in [9.17, 15) is 18.0 Å². The minimum atomic E-state index is -4.25. The minimum Gasteiger partial charge on any atom is -0.494 e. The Bertz CT molecular complexity index is 1720. The zero-order chi connectivity index (χ0) is 34.0. The van der Waals surface area contributed by atoms with Crippen LogP contribution >= 0.6 is 27.5 Å². The molecule has 2 amide bonds. The lowest BCUT2D eigenvalue weighted by atomic mass is 10.0. The van der Waals surface area contributed by atoms with Crippen LogP contribution in [-0.2, 0) is 32.6 Å². The number of rotatable bonds is 15. The van der Waals surface area contributed by atoms with E-state index in [-0.39, 0.29) is 35.4 Å². The van der Waals surface area contributed by atoms with Crippen LogP contribution in [0, 0.1) is 5.92 Å². The Hall–Kier alpha value is -3.86. The maximum absolute atomic E-state index is 14.6. The lowest BCUT2D eigenvalue weighted by Crippen LogP contribution is -2.53. The number of anilines is 1. The predicted molar refractivity (Wildman–Crippen MR) is 190 cm³/mol. The van der Waals surface area contributed by atoms with E-state index < -0.39 is 28.5 Å². The number of carbonyl (C=O) groups is 2. The van der Waals surface area contributed by atoms with Crippen LogP contribution in [0.4, 0.5) is 5.69 Å². The summed E-state index contributed by atoms with van der Waals surface area (Å²) in [5.74, 6) is -0.110. The molecule has 0 unspecified atom stereocenters. The molecule has 0 aliphatic heterocycles. The average Bonchev–Trinajstić information content (AvgIpc) is 3.06. The third-order valence-corrected chi connectivity index (χ3v) is 9.91. The maximum atomic E-state index is 14.6. The number of benzene rings is 4. The summed E-state index contributed by atoms with van der Waals surface area (Å²) in [6, 6.07) is 28.3. The summed E-state index contributed by atoms with van der Waals surface area (Å²) in [7, 11) is -4.25. The molecule has 1 N–H and O–H groups in total. The molecule has 0 fully saturated rings. The topological polar surface area (TPSA) is 96.0 Å². The van der Waals surface area contributed by atoms with E-state index in [1.165, 1.54) is 29.2 Å². The summed E-state index contributed by atoms with van der Waals surface area (Å²) < 4.78 is 35.9. The second-order valence-electron chi connectivity index (χ2n) is 11.4. The third-order valence-electron chi connectivity index (χ3n) is 7.34. The van der Waals surface area contributed by atoms with Gasteiger partial charge in [-0.3, -0.25) is 13.9 Å². The van der Waals surface area contributed by atoms with Crippen molar-refractivity contribution in [3.05, 3.63) is 124 Å². The summed E-state index contributed by atoms with van der Waals surface area (Å²) in [5, 5.41) is 3.38. The Morgan fingerprint density at radius 3 is 2.11 bits per heavy atom. The van der Waals surface area contributed by atoms with Crippen molar-refractivity contribution in [1.29, 1.82) is 0 Å². The smallest absolute Gasteiger partial charge is 0.264 e. The molecule has 0 heterocycles. The van der Waals surface area contributed by atoms with Crippen molar-refractivity contribution >= 4 is 55.1 Å². The first-order valence-electron chi connectivity index (χ1n) is 15.3. The Morgan fingerprint density at radius 2 is 1.51 bits per heavy atom. The van der Waals surface area contributed by atoms with Crippen molar-refractivity contribution in [2.75, 3.05) is 24.0 Å². The van der Waals surface area contributed by atoms with Crippen LogP contribution < -0.4 is 14.4 Å². The minimum absolute atomic E-state index is 0.0291. The van der Waals surface area contributed by atoms with Crippen LogP contribution in [-0.4, -0.2) is 50.9 Å². The van der Waals surface area contributed by atoms with Gasteiger partial charge in [0.2, 0.25) is 11.8 Å². The quantitative estimate of drug-likeness (QED) is 0.140. The molecule has 0 spiro atoms. The van der Waals surface area contributed by atoms with Crippen LogP contribution in [0.5, 0.6) is 5.75 Å². The van der Waals surface area contributed by atoms with Crippen molar-refractivity contribution < 1.29 is 22.7 Å². The Balaban J connectivity index is 1.79. The zero-order valence-electron chi connectivity index (χ0n) is 26.6. The van der Waals surface area contributed by atoms with E-state index in [1.807, 2.05) is 75.4 Å². The highest BCUT2D eigenvalue weighted by molar-refractivity contribution is 9.10. The number of nitrogens with zero attached hydrogens (tertiary/aromatic N) is 2. The number of ether oxygens (including phenoxy) is 1. The Kier molecular flexibility index (Phi) is 12.9. The highest BCUT2D eigenvalue weighted by Gasteiger charge is 2.34. The Labute approximate surface area is 290 Å². The molecule has 1 atom stereocenters. The normalized spacial score (nSPS) is 12.0. The Morgan fingerprint density at radius 1 is 0.872 bits per heavy atom. The maximum Gasteiger partial charge on any atom is 0.264 e. The van der Waals surface area contributed by atoms with E-state index in [0.29, 0.717) is 23.9 Å². The fourth-order valence-electron chi connectivity index (χ4n) is 4.90. The summed E-state index contributed by atoms with van der Waals surface area (Å²) in [6.07, 6.45) is 0.236. The highest BCUT2D eigenvalue weighted by atomic mass is 79.9. The van der Waals surface area contributed by atoms with Crippen LogP contribution in [0.15, 0.2) is 112 Å². The van der Waals surface area contributed by atoms with Gasteiger partial charge < -0.3 is 15.0 Å². The fraction of sp³-hybridized carbons (Fsp3) is 0.278. The zero-order valence-corrected chi connectivity index (χ0v) is 29.8. The standard InChI is InChI=1S/C36H39BrClN3O5S/c1-4-46-32-18-16-31(17-19-32)41(47(44,45)33-20-14-30(38)15-21-33)25-35(42)40(24-28-10-12-29(37)13-11-28)34(36(43)39-23-26(2)3)22-27-8-6-5-7-9-27/h5-21,26,34H,4,22-25H2,1-3H3,(H,39,43)/t34-/m1/s1. The molecule has 47 heavy (non-hydrogen) atoms. The number of nitrogens with one attached hydrogen (secondary N) is 1. The van der Waals surface area contributed by atoms with Gasteiger partial charge in [-0.15, -0.1) is 0 Å². The molecular weight excluding hydrogens is 702 g/mol. The molecular formula is C36H39BrClN3O5S. The highest BCUT2D eigenvalue weighted by Crippen LogP contribution is 2.28. The van der Waals surface area contributed by atoms with Gasteiger partial charge in [-0.25, -0.2) is 8.42 Å². The molecule has 4 aromatic carbocycles. The van der Waals surface area contributed by atoms with E-state index in [0.717, 1.165) is 19.9 Å². The van der Waals surface area contributed by atoms with Gasteiger partial charge in [0.25, 0.3) is 10.0 Å². The number of amides is 2. The lowest BCUT2D eigenvalue weighted by molar-refractivity contribution is -0.140.